The van der Waals surface area contributed by atoms with Crippen LogP contribution in [0.1, 0.15) is 31.9 Å². The molecule has 2 aromatic carbocycles. The maximum atomic E-state index is 5.58. The van der Waals surface area contributed by atoms with Crippen molar-refractivity contribution >= 4 is 21.6 Å². The number of halogens is 1. The Morgan fingerprint density at radius 1 is 1.10 bits per heavy atom. The van der Waals surface area contributed by atoms with E-state index in [9.17, 15) is 0 Å². The van der Waals surface area contributed by atoms with E-state index in [0.29, 0.717) is 0 Å². The fraction of sp³-hybridized carbons (Fsp3) is 0.294. The molecule has 1 atom stereocenters. The van der Waals surface area contributed by atoms with Crippen LogP contribution in [-0.2, 0) is 0 Å². The quantitative estimate of drug-likeness (QED) is 0.762. The highest BCUT2D eigenvalue weighted by Gasteiger charge is 2.08. The molecule has 0 saturated carbocycles. The Balaban J connectivity index is 2.01. The first-order valence-corrected chi connectivity index (χ1v) is 7.74. The number of anilines is 1. The van der Waals surface area contributed by atoms with Gasteiger partial charge in [-0.15, -0.1) is 0 Å². The summed E-state index contributed by atoms with van der Waals surface area (Å²) in [4.78, 5) is 0. The molecule has 0 aliphatic carbocycles. The number of nitrogens with one attached hydrogen (secondary N) is 1. The van der Waals surface area contributed by atoms with Crippen LogP contribution in [0.5, 0.6) is 5.75 Å². The van der Waals surface area contributed by atoms with Crippen molar-refractivity contribution in [3.8, 4) is 5.75 Å². The van der Waals surface area contributed by atoms with Crippen molar-refractivity contribution in [1.29, 1.82) is 0 Å². The standard InChI is InChI=1S/C17H20BrNO/c1-3-12-20-15-10-8-14(9-11-15)19-13(2)16-6-4-5-7-17(16)18/h4-11,13,19H,3,12H2,1-2H3. The Bertz CT molecular complexity index is 539. The fourth-order valence-corrected chi connectivity index (χ4v) is 2.65. The van der Waals surface area contributed by atoms with E-state index in [0.717, 1.165) is 28.9 Å². The van der Waals surface area contributed by atoms with E-state index < -0.39 is 0 Å². The van der Waals surface area contributed by atoms with E-state index in [1.165, 1.54) is 5.56 Å². The van der Waals surface area contributed by atoms with Crippen LogP contribution >= 0.6 is 15.9 Å². The Kier molecular flexibility index (Phi) is 5.48. The molecule has 0 amide bonds. The lowest BCUT2D eigenvalue weighted by Gasteiger charge is -2.17. The lowest BCUT2D eigenvalue weighted by atomic mass is 10.1. The Hall–Kier alpha value is -1.48. The van der Waals surface area contributed by atoms with Gasteiger partial charge in [-0.2, -0.15) is 0 Å². The second-order valence-electron chi connectivity index (χ2n) is 4.76. The molecule has 0 spiro atoms. The minimum atomic E-state index is 0.244. The van der Waals surface area contributed by atoms with Gasteiger partial charge in [0, 0.05) is 16.2 Å². The molecule has 1 N–H and O–H groups in total. The molecule has 3 heteroatoms. The predicted octanol–water partition coefficient (Wildman–Crippen LogP) is 5.41. The first-order chi connectivity index (χ1) is 9.70. The highest BCUT2D eigenvalue weighted by molar-refractivity contribution is 9.10. The van der Waals surface area contributed by atoms with Crippen LogP contribution in [0.15, 0.2) is 53.0 Å². The topological polar surface area (TPSA) is 21.3 Å². The average Bonchev–Trinajstić information content (AvgIpc) is 2.47. The summed E-state index contributed by atoms with van der Waals surface area (Å²) in [7, 11) is 0. The third-order valence-corrected chi connectivity index (χ3v) is 3.80. The van der Waals surface area contributed by atoms with Crippen molar-refractivity contribution < 1.29 is 4.74 Å². The van der Waals surface area contributed by atoms with Crippen molar-refractivity contribution in [3.63, 3.8) is 0 Å². The van der Waals surface area contributed by atoms with Crippen LogP contribution in [0.2, 0.25) is 0 Å². The van der Waals surface area contributed by atoms with Gasteiger partial charge in [0.2, 0.25) is 0 Å². The van der Waals surface area contributed by atoms with Crippen molar-refractivity contribution in [2.75, 3.05) is 11.9 Å². The van der Waals surface area contributed by atoms with Gasteiger partial charge in [-0.1, -0.05) is 41.1 Å². The Morgan fingerprint density at radius 3 is 2.45 bits per heavy atom. The minimum absolute atomic E-state index is 0.244. The van der Waals surface area contributed by atoms with Crippen LogP contribution < -0.4 is 10.1 Å². The molecule has 0 aliphatic rings. The van der Waals surface area contributed by atoms with E-state index in [1.54, 1.807) is 0 Å². The molecule has 0 bridgehead atoms. The molecule has 1 unspecified atom stereocenters. The SMILES string of the molecule is CCCOc1ccc(NC(C)c2ccccc2Br)cc1. The van der Waals surface area contributed by atoms with E-state index >= 15 is 0 Å². The van der Waals surface area contributed by atoms with Gasteiger partial charge in [-0.3, -0.25) is 0 Å². The van der Waals surface area contributed by atoms with Crippen molar-refractivity contribution in [3.05, 3.63) is 58.6 Å². The molecule has 0 heterocycles. The minimum Gasteiger partial charge on any atom is -0.494 e. The highest BCUT2D eigenvalue weighted by atomic mass is 79.9. The molecule has 0 fully saturated rings. The van der Waals surface area contributed by atoms with Crippen LogP contribution in [0.3, 0.4) is 0 Å². The molecule has 0 saturated heterocycles. The summed E-state index contributed by atoms with van der Waals surface area (Å²) in [6.45, 7) is 5.02. The smallest absolute Gasteiger partial charge is 0.119 e. The van der Waals surface area contributed by atoms with E-state index in [4.69, 9.17) is 4.74 Å². The summed E-state index contributed by atoms with van der Waals surface area (Å²) in [6.07, 6.45) is 1.03. The first kappa shape index (κ1) is 14.9. The Morgan fingerprint density at radius 2 is 1.80 bits per heavy atom. The molecular formula is C17H20BrNO. The van der Waals surface area contributed by atoms with Crippen molar-refractivity contribution in [2.45, 2.75) is 26.3 Å². The Labute approximate surface area is 129 Å². The van der Waals surface area contributed by atoms with Crippen LogP contribution in [-0.4, -0.2) is 6.61 Å². The molecule has 20 heavy (non-hydrogen) atoms. The summed E-state index contributed by atoms with van der Waals surface area (Å²) in [6, 6.07) is 16.6. The van der Waals surface area contributed by atoms with Gasteiger partial charge in [0.25, 0.3) is 0 Å². The van der Waals surface area contributed by atoms with Crippen LogP contribution in [0.4, 0.5) is 5.69 Å². The number of benzene rings is 2. The summed E-state index contributed by atoms with van der Waals surface area (Å²) >= 11 is 3.59. The van der Waals surface area contributed by atoms with Gasteiger partial charge < -0.3 is 10.1 Å². The lowest BCUT2D eigenvalue weighted by molar-refractivity contribution is 0.317. The van der Waals surface area contributed by atoms with Crippen molar-refractivity contribution in [1.82, 2.24) is 0 Å². The van der Waals surface area contributed by atoms with Gasteiger partial charge in [0.1, 0.15) is 5.75 Å². The zero-order valence-corrected chi connectivity index (χ0v) is 13.5. The monoisotopic (exact) mass is 333 g/mol. The van der Waals surface area contributed by atoms with Gasteiger partial charge in [-0.25, -0.2) is 0 Å². The van der Waals surface area contributed by atoms with E-state index in [2.05, 4.69) is 65.4 Å². The van der Waals surface area contributed by atoms with Crippen LogP contribution in [0.25, 0.3) is 0 Å². The molecule has 0 aromatic heterocycles. The fourth-order valence-electron chi connectivity index (χ4n) is 2.02. The van der Waals surface area contributed by atoms with E-state index in [1.807, 2.05) is 18.2 Å². The lowest BCUT2D eigenvalue weighted by Crippen LogP contribution is -2.07. The number of ether oxygens (including phenoxy) is 1. The second kappa shape index (κ2) is 7.34. The van der Waals surface area contributed by atoms with Gasteiger partial charge in [0.15, 0.2) is 0 Å². The molecule has 2 rings (SSSR count). The highest BCUT2D eigenvalue weighted by Crippen LogP contribution is 2.26. The van der Waals surface area contributed by atoms with Gasteiger partial charge in [-0.05, 0) is 49.2 Å². The summed E-state index contributed by atoms with van der Waals surface area (Å²) in [5, 5.41) is 3.50. The van der Waals surface area contributed by atoms with Crippen molar-refractivity contribution in [2.24, 2.45) is 0 Å². The zero-order valence-electron chi connectivity index (χ0n) is 11.9. The number of hydrogen-bond acceptors (Lipinski definition) is 2. The second-order valence-corrected chi connectivity index (χ2v) is 5.61. The molecule has 0 radical (unpaired) electrons. The normalized spacial score (nSPS) is 11.9. The molecule has 106 valence electrons. The maximum Gasteiger partial charge on any atom is 0.119 e. The van der Waals surface area contributed by atoms with Gasteiger partial charge in [0.05, 0.1) is 6.61 Å². The third kappa shape index (κ3) is 4.01. The summed E-state index contributed by atoms with van der Waals surface area (Å²) < 4.78 is 6.71. The van der Waals surface area contributed by atoms with Crippen LogP contribution in [0, 0.1) is 0 Å². The molecule has 2 nitrogen and oxygen atoms in total. The van der Waals surface area contributed by atoms with Gasteiger partial charge >= 0.3 is 0 Å². The molecular weight excluding hydrogens is 314 g/mol. The first-order valence-electron chi connectivity index (χ1n) is 6.94. The predicted molar refractivity (Wildman–Crippen MR) is 88.4 cm³/mol. The molecule has 2 aromatic rings. The number of rotatable bonds is 6. The number of hydrogen-bond donors (Lipinski definition) is 1. The largest absolute Gasteiger partial charge is 0.494 e. The third-order valence-electron chi connectivity index (χ3n) is 3.08. The average molecular weight is 334 g/mol. The van der Waals surface area contributed by atoms with E-state index in [-0.39, 0.29) is 6.04 Å². The summed E-state index contributed by atoms with van der Waals surface area (Å²) in [5.74, 6) is 0.922. The summed E-state index contributed by atoms with van der Waals surface area (Å²) in [5.41, 5.74) is 2.34. The zero-order chi connectivity index (χ0) is 14.4. The molecule has 0 aliphatic heterocycles. The maximum absolute atomic E-state index is 5.58.